The van der Waals surface area contributed by atoms with Gasteiger partial charge in [-0.3, -0.25) is 9.69 Å². The van der Waals surface area contributed by atoms with E-state index in [9.17, 15) is 4.79 Å². The predicted molar refractivity (Wildman–Crippen MR) is 88.3 cm³/mol. The number of anilines is 1. The molecule has 2 aromatic rings. The fraction of sp³-hybridized carbons (Fsp3) is 0.412. The zero-order valence-electron chi connectivity index (χ0n) is 13.5. The third-order valence-electron chi connectivity index (χ3n) is 4.06. The van der Waals surface area contributed by atoms with Crippen LogP contribution >= 0.6 is 0 Å². The van der Waals surface area contributed by atoms with Crippen molar-refractivity contribution in [2.75, 3.05) is 19.0 Å². The number of amides is 1. The van der Waals surface area contributed by atoms with Gasteiger partial charge >= 0.3 is 0 Å². The van der Waals surface area contributed by atoms with Crippen LogP contribution in [0.25, 0.3) is 0 Å². The van der Waals surface area contributed by atoms with Gasteiger partial charge in [-0.25, -0.2) is 4.98 Å². The van der Waals surface area contributed by atoms with Crippen LogP contribution in [0.3, 0.4) is 0 Å². The Morgan fingerprint density at radius 3 is 2.87 bits per heavy atom. The average molecular weight is 314 g/mol. The predicted octanol–water partition coefficient (Wildman–Crippen LogP) is 2.03. The highest BCUT2D eigenvalue weighted by molar-refractivity contribution is 5.93. The molecule has 1 aliphatic rings. The number of rotatable bonds is 7. The maximum absolute atomic E-state index is 12.4. The molecule has 0 spiro atoms. The highest BCUT2D eigenvalue weighted by atomic mass is 16.5. The zero-order chi connectivity index (χ0) is 16.2. The lowest BCUT2D eigenvalue weighted by Gasteiger charge is -2.21. The fourth-order valence-electron chi connectivity index (χ4n) is 2.61. The number of hydrogen-bond donors (Lipinski definition) is 1. The molecule has 0 radical (unpaired) electrons. The summed E-state index contributed by atoms with van der Waals surface area (Å²) in [5.74, 6) is 1.61. The number of ether oxygens (including phenoxy) is 1. The second-order valence-electron chi connectivity index (χ2n) is 5.84. The van der Waals surface area contributed by atoms with Gasteiger partial charge in [0, 0.05) is 25.5 Å². The van der Waals surface area contributed by atoms with Crippen LogP contribution in [-0.4, -0.2) is 40.1 Å². The van der Waals surface area contributed by atoms with E-state index in [2.05, 4.69) is 15.2 Å². The average Bonchev–Trinajstić information content (AvgIpc) is 3.31. The summed E-state index contributed by atoms with van der Waals surface area (Å²) in [6, 6.07) is 7.92. The summed E-state index contributed by atoms with van der Waals surface area (Å²) in [5.41, 5.74) is 0.702. The number of nitrogens with zero attached hydrogens (tertiary/aromatic N) is 3. The standard InChI is InChI=1S/C17H22N4O2/c1-20-10-9-18-16(20)11-21(13-7-8-13)12-17(22)19-14-5-3-4-6-15(14)23-2/h3-6,9-10,13H,7-8,11-12H2,1-2H3,(H,19,22). The molecular formula is C17H22N4O2. The molecule has 0 bridgehead atoms. The Morgan fingerprint density at radius 1 is 1.43 bits per heavy atom. The molecule has 1 aromatic heterocycles. The molecule has 1 aliphatic carbocycles. The number of imidazole rings is 1. The lowest BCUT2D eigenvalue weighted by Crippen LogP contribution is -2.35. The second-order valence-corrected chi connectivity index (χ2v) is 5.84. The van der Waals surface area contributed by atoms with Crippen LogP contribution < -0.4 is 10.1 Å². The number of hydrogen-bond acceptors (Lipinski definition) is 4. The third-order valence-corrected chi connectivity index (χ3v) is 4.06. The Labute approximate surface area is 136 Å². The minimum atomic E-state index is -0.0318. The van der Waals surface area contributed by atoms with Crippen LogP contribution in [0.15, 0.2) is 36.7 Å². The van der Waals surface area contributed by atoms with E-state index in [1.165, 1.54) is 0 Å². The monoisotopic (exact) mass is 314 g/mol. The Balaban J connectivity index is 1.63. The number of para-hydroxylation sites is 2. The maximum Gasteiger partial charge on any atom is 0.238 e. The van der Waals surface area contributed by atoms with Crippen LogP contribution in [0.4, 0.5) is 5.69 Å². The summed E-state index contributed by atoms with van der Waals surface area (Å²) in [6.45, 7) is 1.04. The molecule has 0 saturated heterocycles. The summed E-state index contributed by atoms with van der Waals surface area (Å²) in [7, 11) is 3.57. The quantitative estimate of drug-likeness (QED) is 0.849. The summed E-state index contributed by atoms with van der Waals surface area (Å²) in [4.78, 5) is 18.9. The first kappa shape index (κ1) is 15.6. The maximum atomic E-state index is 12.4. The van der Waals surface area contributed by atoms with Crippen LogP contribution in [0.2, 0.25) is 0 Å². The van der Waals surface area contributed by atoms with E-state index in [1.807, 2.05) is 42.1 Å². The van der Waals surface area contributed by atoms with Crippen molar-refractivity contribution in [2.24, 2.45) is 7.05 Å². The first-order valence-electron chi connectivity index (χ1n) is 7.80. The second kappa shape index (κ2) is 6.83. The molecule has 0 unspecified atom stereocenters. The van der Waals surface area contributed by atoms with E-state index in [1.54, 1.807) is 13.3 Å². The highest BCUT2D eigenvalue weighted by Crippen LogP contribution is 2.28. The molecule has 1 heterocycles. The molecule has 23 heavy (non-hydrogen) atoms. The largest absolute Gasteiger partial charge is 0.495 e. The number of carbonyl (C=O) groups is 1. The van der Waals surface area contributed by atoms with Crippen molar-refractivity contribution >= 4 is 11.6 Å². The van der Waals surface area contributed by atoms with Gasteiger partial charge in [0.25, 0.3) is 0 Å². The van der Waals surface area contributed by atoms with Gasteiger partial charge in [-0.05, 0) is 25.0 Å². The summed E-state index contributed by atoms with van der Waals surface area (Å²) < 4.78 is 7.26. The number of benzene rings is 1. The third kappa shape index (κ3) is 3.90. The number of aromatic nitrogens is 2. The SMILES string of the molecule is COc1ccccc1NC(=O)CN(Cc1nccn1C)C1CC1. The molecule has 1 N–H and O–H groups in total. The van der Waals surface area contributed by atoms with Gasteiger partial charge in [0.05, 0.1) is 25.9 Å². The molecule has 1 aromatic carbocycles. The van der Waals surface area contributed by atoms with Crippen molar-refractivity contribution in [3.63, 3.8) is 0 Å². The summed E-state index contributed by atoms with van der Waals surface area (Å²) in [6.07, 6.45) is 6.00. The van der Waals surface area contributed by atoms with Crippen LogP contribution in [0.1, 0.15) is 18.7 Å². The topological polar surface area (TPSA) is 59.4 Å². The van der Waals surface area contributed by atoms with Gasteiger partial charge in [0.1, 0.15) is 11.6 Å². The van der Waals surface area contributed by atoms with Crippen molar-refractivity contribution in [3.05, 3.63) is 42.5 Å². The zero-order valence-corrected chi connectivity index (χ0v) is 13.5. The number of methoxy groups -OCH3 is 1. The lowest BCUT2D eigenvalue weighted by atomic mass is 10.3. The molecule has 6 heteroatoms. The molecule has 1 amide bonds. The highest BCUT2D eigenvalue weighted by Gasteiger charge is 2.31. The first-order valence-corrected chi connectivity index (χ1v) is 7.80. The van der Waals surface area contributed by atoms with Gasteiger partial charge in [-0.1, -0.05) is 12.1 Å². The fourth-order valence-corrected chi connectivity index (χ4v) is 2.61. The summed E-state index contributed by atoms with van der Waals surface area (Å²) in [5, 5.41) is 2.94. The van der Waals surface area contributed by atoms with Crippen LogP contribution in [-0.2, 0) is 18.4 Å². The first-order chi connectivity index (χ1) is 11.2. The van der Waals surface area contributed by atoms with Gasteiger partial charge in [-0.2, -0.15) is 0 Å². The normalized spacial score (nSPS) is 14.0. The molecule has 3 rings (SSSR count). The van der Waals surface area contributed by atoms with E-state index in [-0.39, 0.29) is 5.91 Å². The summed E-state index contributed by atoms with van der Waals surface area (Å²) >= 11 is 0. The molecule has 1 fully saturated rings. The van der Waals surface area contributed by atoms with Crippen LogP contribution in [0, 0.1) is 0 Å². The van der Waals surface area contributed by atoms with Crippen molar-refractivity contribution < 1.29 is 9.53 Å². The van der Waals surface area contributed by atoms with E-state index in [0.29, 0.717) is 30.6 Å². The molecule has 6 nitrogen and oxygen atoms in total. The molecule has 122 valence electrons. The van der Waals surface area contributed by atoms with Gasteiger partial charge in [0.15, 0.2) is 0 Å². The van der Waals surface area contributed by atoms with Gasteiger partial charge in [0.2, 0.25) is 5.91 Å². The van der Waals surface area contributed by atoms with Gasteiger partial charge in [-0.15, -0.1) is 0 Å². The molecule has 0 atom stereocenters. The van der Waals surface area contributed by atoms with Crippen molar-refractivity contribution in [2.45, 2.75) is 25.4 Å². The Bertz CT molecular complexity index is 679. The molecule has 1 saturated carbocycles. The molecular weight excluding hydrogens is 292 g/mol. The van der Waals surface area contributed by atoms with Crippen molar-refractivity contribution in [3.8, 4) is 5.75 Å². The van der Waals surface area contributed by atoms with Crippen LogP contribution in [0.5, 0.6) is 5.75 Å². The number of carbonyl (C=O) groups excluding carboxylic acids is 1. The Kier molecular flexibility index (Phi) is 4.62. The smallest absolute Gasteiger partial charge is 0.238 e. The van der Waals surface area contributed by atoms with E-state index in [4.69, 9.17) is 4.74 Å². The van der Waals surface area contributed by atoms with E-state index < -0.39 is 0 Å². The molecule has 0 aliphatic heterocycles. The Morgan fingerprint density at radius 2 is 2.22 bits per heavy atom. The number of aryl methyl sites for hydroxylation is 1. The number of nitrogens with one attached hydrogen (secondary N) is 1. The van der Waals surface area contributed by atoms with E-state index >= 15 is 0 Å². The van der Waals surface area contributed by atoms with Crippen molar-refractivity contribution in [1.29, 1.82) is 0 Å². The Hall–Kier alpha value is -2.34. The lowest BCUT2D eigenvalue weighted by molar-refractivity contribution is -0.117. The minimum Gasteiger partial charge on any atom is -0.495 e. The van der Waals surface area contributed by atoms with Gasteiger partial charge < -0.3 is 14.6 Å². The van der Waals surface area contributed by atoms with E-state index in [0.717, 1.165) is 18.7 Å². The van der Waals surface area contributed by atoms with Crippen molar-refractivity contribution in [1.82, 2.24) is 14.5 Å². The minimum absolute atomic E-state index is 0.0318.